The first-order valence-corrected chi connectivity index (χ1v) is 5.19. The van der Waals surface area contributed by atoms with Gasteiger partial charge in [-0.2, -0.15) is 0 Å². The third-order valence-electron chi connectivity index (χ3n) is 1.33. The summed E-state index contributed by atoms with van der Waals surface area (Å²) in [5, 5.41) is 3.15. The van der Waals surface area contributed by atoms with Crippen LogP contribution in [0.1, 0.15) is 47.5 Å². The lowest BCUT2D eigenvalue weighted by Gasteiger charge is -2.06. The van der Waals surface area contributed by atoms with Crippen molar-refractivity contribution in [3.63, 3.8) is 0 Å². The Morgan fingerprint density at radius 3 is 1.75 bits per heavy atom. The number of rotatable bonds is 4. The van der Waals surface area contributed by atoms with E-state index in [1.54, 1.807) is 0 Å². The molecule has 0 spiro atoms. The van der Waals surface area contributed by atoms with E-state index in [1.165, 1.54) is 12.8 Å². The summed E-state index contributed by atoms with van der Waals surface area (Å²) in [6.45, 7) is 12.2. The molecular formula is C11H27N. The Hall–Kier alpha value is -0.0400. The molecule has 0 amide bonds. The van der Waals surface area contributed by atoms with E-state index in [0.717, 1.165) is 18.4 Å². The summed E-state index contributed by atoms with van der Waals surface area (Å²) in [5.41, 5.74) is 0. The van der Waals surface area contributed by atoms with Crippen LogP contribution in [0.15, 0.2) is 0 Å². The van der Waals surface area contributed by atoms with Crippen molar-refractivity contribution in [1.29, 1.82) is 0 Å². The molecule has 0 saturated carbocycles. The molecule has 12 heavy (non-hydrogen) atoms. The summed E-state index contributed by atoms with van der Waals surface area (Å²) in [5.74, 6) is 1.69. The largest absolute Gasteiger partial charge is 0.319 e. The lowest BCUT2D eigenvalue weighted by Crippen LogP contribution is -2.15. The maximum Gasteiger partial charge on any atom is -0.00262 e. The molecule has 0 aromatic carbocycles. The fourth-order valence-corrected chi connectivity index (χ4v) is 0.943. The Labute approximate surface area is 78.9 Å². The van der Waals surface area contributed by atoms with Crippen molar-refractivity contribution in [3.05, 3.63) is 0 Å². The molecule has 1 N–H and O–H groups in total. The number of hydrogen-bond acceptors (Lipinski definition) is 1. The van der Waals surface area contributed by atoms with Crippen LogP contribution in [0.25, 0.3) is 0 Å². The van der Waals surface area contributed by atoms with Gasteiger partial charge in [0.1, 0.15) is 0 Å². The van der Waals surface area contributed by atoms with E-state index in [1.807, 2.05) is 7.05 Å². The molecule has 0 aromatic heterocycles. The minimum Gasteiger partial charge on any atom is -0.319 e. The van der Waals surface area contributed by atoms with Crippen molar-refractivity contribution >= 4 is 0 Å². The van der Waals surface area contributed by atoms with E-state index in [4.69, 9.17) is 0 Å². The second kappa shape index (κ2) is 11.0. The van der Waals surface area contributed by atoms with Crippen LogP contribution in [-0.4, -0.2) is 13.6 Å². The highest BCUT2D eigenvalue weighted by atomic mass is 14.8. The normalized spacial score (nSPS) is 12.2. The fourth-order valence-electron chi connectivity index (χ4n) is 0.943. The van der Waals surface area contributed by atoms with Gasteiger partial charge in [0.15, 0.2) is 0 Å². The first-order valence-electron chi connectivity index (χ1n) is 5.19. The van der Waals surface area contributed by atoms with Crippen molar-refractivity contribution in [1.82, 2.24) is 5.32 Å². The van der Waals surface area contributed by atoms with Crippen LogP contribution in [0.4, 0.5) is 0 Å². The van der Waals surface area contributed by atoms with Crippen molar-refractivity contribution in [2.24, 2.45) is 11.8 Å². The Balaban J connectivity index is 0. The van der Waals surface area contributed by atoms with Crippen LogP contribution in [0, 0.1) is 11.8 Å². The van der Waals surface area contributed by atoms with Gasteiger partial charge >= 0.3 is 0 Å². The molecule has 0 aromatic rings. The van der Waals surface area contributed by atoms with Crippen LogP contribution in [0.3, 0.4) is 0 Å². The average molecular weight is 173 g/mol. The van der Waals surface area contributed by atoms with Crippen LogP contribution in [0.5, 0.6) is 0 Å². The van der Waals surface area contributed by atoms with Crippen LogP contribution < -0.4 is 5.32 Å². The molecule has 76 valence electrons. The third kappa shape index (κ3) is 22.5. The molecule has 0 bridgehead atoms. The minimum absolute atomic E-state index is 0.833. The zero-order valence-corrected chi connectivity index (χ0v) is 9.78. The van der Waals surface area contributed by atoms with Gasteiger partial charge < -0.3 is 5.32 Å². The maximum atomic E-state index is 3.15. The highest BCUT2D eigenvalue weighted by Gasteiger charge is 1.95. The van der Waals surface area contributed by atoms with E-state index in [2.05, 4.69) is 39.9 Å². The molecule has 1 atom stereocenters. The average Bonchev–Trinajstić information content (AvgIpc) is 1.87. The Kier molecular flexibility index (Phi) is 13.2. The molecule has 1 heteroatoms. The zero-order valence-electron chi connectivity index (χ0n) is 9.78. The molecule has 0 saturated heterocycles. The fraction of sp³-hybridized carbons (Fsp3) is 1.00. The maximum absolute atomic E-state index is 3.15. The predicted octanol–water partition coefficient (Wildman–Crippen LogP) is 3.30. The van der Waals surface area contributed by atoms with Gasteiger partial charge in [0, 0.05) is 0 Å². The van der Waals surface area contributed by atoms with Crippen molar-refractivity contribution < 1.29 is 0 Å². The monoisotopic (exact) mass is 173 g/mol. The van der Waals surface area contributed by atoms with Crippen LogP contribution in [-0.2, 0) is 0 Å². The lowest BCUT2D eigenvalue weighted by molar-refractivity contribution is 0.498. The molecule has 0 aliphatic heterocycles. The summed E-state index contributed by atoms with van der Waals surface area (Å²) < 4.78 is 0. The first kappa shape index (κ1) is 14.5. The van der Waals surface area contributed by atoms with Crippen molar-refractivity contribution in [2.45, 2.75) is 47.5 Å². The highest BCUT2D eigenvalue weighted by Crippen LogP contribution is 2.01. The van der Waals surface area contributed by atoms with Gasteiger partial charge in [0.05, 0.1) is 0 Å². The van der Waals surface area contributed by atoms with Crippen LogP contribution >= 0.6 is 0 Å². The molecule has 0 heterocycles. The van der Waals surface area contributed by atoms with Crippen LogP contribution in [0.2, 0.25) is 0 Å². The van der Waals surface area contributed by atoms with Gasteiger partial charge in [-0.25, -0.2) is 0 Å². The molecule has 1 nitrogen and oxygen atoms in total. The first-order chi connectivity index (χ1) is 5.54. The van der Waals surface area contributed by atoms with E-state index < -0.39 is 0 Å². The Morgan fingerprint density at radius 2 is 1.50 bits per heavy atom. The summed E-state index contributed by atoms with van der Waals surface area (Å²) in [6.07, 6.45) is 2.66. The summed E-state index contributed by atoms with van der Waals surface area (Å²) in [4.78, 5) is 0. The molecule has 0 rings (SSSR count). The summed E-state index contributed by atoms with van der Waals surface area (Å²) in [6, 6.07) is 0. The van der Waals surface area contributed by atoms with Crippen molar-refractivity contribution in [2.75, 3.05) is 13.6 Å². The van der Waals surface area contributed by atoms with Gasteiger partial charge in [0.25, 0.3) is 0 Å². The van der Waals surface area contributed by atoms with E-state index >= 15 is 0 Å². The SMILES string of the molecule is CC(C)C.CCC[C@@H](C)CNC. The zero-order chi connectivity index (χ0) is 9.98. The van der Waals surface area contributed by atoms with Gasteiger partial charge in [-0.15, -0.1) is 0 Å². The molecule has 0 radical (unpaired) electrons. The molecule has 0 fully saturated rings. The molecule has 0 aliphatic carbocycles. The predicted molar refractivity (Wildman–Crippen MR) is 58.5 cm³/mol. The smallest absolute Gasteiger partial charge is 0.00262 e. The quantitative estimate of drug-likeness (QED) is 0.688. The highest BCUT2D eigenvalue weighted by molar-refractivity contribution is 4.52. The Morgan fingerprint density at radius 1 is 1.08 bits per heavy atom. The molecule has 0 unspecified atom stereocenters. The third-order valence-corrected chi connectivity index (χ3v) is 1.33. The number of nitrogens with one attached hydrogen (secondary N) is 1. The summed E-state index contributed by atoms with van der Waals surface area (Å²) in [7, 11) is 2.01. The lowest BCUT2D eigenvalue weighted by atomic mass is 10.1. The molecular weight excluding hydrogens is 146 g/mol. The number of hydrogen-bond donors (Lipinski definition) is 1. The van der Waals surface area contributed by atoms with E-state index in [9.17, 15) is 0 Å². The second-order valence-corrected chi connectivity index (χ2v) is 4.18. The second-order valence-electron chi connectivity index (χ2n) is 4.18. The standard InChI is InChI=1S/C7H17N.C4H10/c1-4-5-7(2)6-8-3;1-4(2)3/h7-8H,4-6H2,1-3H3;4H,1-3H3/t7-;/m1./s1. The van der Waals surface area contributed by atoms with E-state index in [0.29, 0.717) is 0 Å². The minimum atomic E-state index is 0.833. The molecule has 0 aliphatic rings. The Bertz CT molecular complexity index is 60.6. The topological polar surface area (TPSA) is 12.0 Å². The van der Waals surface area contributed by atoms with Crippen molar-refractivity contribution in [3.8, 4) is 0 Å². The summed E-state index contributed by atoms with van der Waals surface area (Å²) >= 11 is 0. The van der Waals surface area contributed by atoms with Gasteiger partial charge in [-0.05, 0) is 31.8 Å². The van der Waals surface area contributed by atoms with Gasteiger partial charge in [-0.1, -0.05) is 41.0 Å². The van der Waals surface area contributed by atoms with E-state index in [-0.39, 0.29) is 0 Å². The van der Waals surface area contributed by atoms with Gasteiger partial charge in [0.2, 0.25) is 0 Å². The van der Waals surface area contributed by atoms with Gasteiger partial charge in [-0.3, -0.25) is 0 Å².